The van der Waals surface area contributed by atoms with Crippen molar-refractivity contribution in [3.05, 3.63) is 0 Å². The van der Waals surface area contributed by atoms with Gasteiger partial charge in [-0.25, -0.2) is 0 Å². The van der Waals surface area contributed by atoms with Crippen LogP contribution in [0.1, 0.15) is 26.2 Å². The molecule has 0 amide bonds. The second kappa shape index (κ2) is 3.11. The summed E-state index contributed by atoms with van der Waals surface area (Å²) in [5, 5.41) is 7.17. The largest absolute Gasteiger partial charge is 0.311 e. The van der Waals surface area contributed by atoms with Crippen molar-refractivity contribution in [1.29, 1.82) is 0 Å². The van der Waals surface area contributed by atoms with E-state index in [1.54, 1.807) is 0 Å². The van der Waals surface area contributed by atoms with Crippen LogP contribution in [0.3, 0.4) is 0 Å². The van der Waals surface area contributed by atoms with Gasteiger partial charge in [0.25, 0.3) is 0 Å². The van der Waals surface area contributed by atoms with Gasteiger partial charge in [0.15, 0.2) is 0 Å². The lowest BCUT2D eigenvalue weighted by Gasteiger charge is -2.39. The average Bonchev–Trinajstić information content (AvgIpc) is 2.04. The fraction of sp³-hybridized carbons (Fsp3) is 1.00. The van der Waals surface area contributed by atoms with Crippen LogP contribution in [0, 0.1) is 5.92 Å². The predicted molar refractivity (Wildman–Crippen MR) is 46.6 cm³/mol. The van der Waals surface area contributed by atoms with Gasteiger partial charge < -0.3 is 10.6 Å². The lowest BCUT2D eigenvalue weighted by atomic mass is 9.82. The van der Waals surface area contributed by atoms with Crippen LogP contribution in [0.2, 0.25) is 0 Å². The molecule has 2 fully saturated rings. The number of nitrogens with one attached hydrogen (secondary N) is 2. The van der Waals surface area contributed by atoms with E-state index in [1.807, 2.05) is 0 Å². The van der Waals surface area contributed by atoms with Crippen molar-refractivity contribution in [3.8, 4) is 0 Å². The summed E-state index contributed by atoms with van der Waals surface area (Å²) in [5.41, 5.74) is 0. The maximum atomic E-state index is 3.59. The standard InChI is InChI=1S/C9H18N2/c1-7-2-3-8-9(6-7)11-5-4-10-8/h7-11H,2-6H2,1H3/t7-,8+,9-/m1/s1. The highest BCUT2D eigenvalue weighted by molar-refractivity contribution is 4.91. The molecule has 0 radical (unpaired) electrons. The van der Waals surface area contributed by atoms with Gasteiger partial charge in [0.05, 0.1) is 0 Å². The predicted octanol–water partition coefficient (Wildman–Crippen LogP) is 0.736. The molecular formula is C9H18N2. The van der Waals surface area contributed by atoms with Gasteiger partial charge in [-0.3, -0.25) is 0 Å². The zero-order valence-corrected chi connectivity index (χ0v) is 7.27. The Labute approximate surface area is 68.7 Å². The molecule has 3 atom stereocenters. The molecule has 1 heterocycles. The van der Waals surface area contributed by atoms with Gasteiger partial charge in [0, 0.05) is 25.2 Å². The molecule has 2 rings (SSSR count). The molecule has 64 valence electrons. The summed E-state index contributed by atoms with van der Waals surface area (Å²) >= 11 is 0. The van der Waals surface area contributed by atoms with E-state index in [4.69, 9.17) is 0 Å². The van der Waals surface area contributed by atoms with Gasteiger partial charge in [0.2, 0.25) is 0 Å². The summed E-state index contributed by atoms with van der Waals surface area (Å²) < 4.78 is 0. The molecule has 2 aliphatic rings. The first kappa shape index (κ1) is 7.56. The molecular weight excluding hydrogens is 136 g/mol. The quantitative estimate of drug-likeness (QED) is 0.537. The van der Waals surface area contributed by atoms with E-state index >= 15 is 0 Å². The minimum absolute atomic E-state index is 0.771. The summed E-state index contributed by atoms with van der Waals surface area (Å²) in [7, 11) is 0. The molecule has 0 aromatic carbocycles. The second-order valence-electron chi connectivity index (χ2n) is 4.04. The van der Waals surface area contributed by atoms with Crippen molar-refractivity contribution in [2.45, 2.75) is 38.3 Å². The first-order valence-corrected chi connectivity index (χ1v) is 4.83. The number of hydrogen-bond acceptors (Lipinski definition) is 2. The highest BCUT2D eigenvalue weighted by Crippen LogP contribution is 2.24. The molecule has 1 saturated carbocycles. The van der Waals surface area contributed by atoms with Crippen LogP contribution in [0.15, 0.2) is 0 Å². The van der Waals surface area contributed by atoms with Crippen LogP contribution in [-0.4, -0.2) is 25.2 Å². The third kappa shape index (κ3) is 1.57. The van der Waals surface area contributed by atoms with Crippen molar-refractivity contribution >= 4 is 0 Å². The Morgan fingerprint density at radius 3 is 2.55 bits per heavy atom. The van der Waals surface area contributed by atoms with Crippen LogP contribution in [0.5, 0.6) is 0 Å². The van der Waals surface area contributed by atoms with Crippen molar-refractivity contribution in [2.75, 3.05) is 13.1 Å². The first-order chi connectivity index (χ1) is 5.36. The van der Waals surface area contributed by atoms with E-state index < -0.39 is 0 Å². The monoisotopic (exact) mass is 154 g/mol. The minimum atomic E-state index is 0.771. The van der Waals surface area contributed by atoms with Gasteiger partial charge in [0.1, 0.15) is 0 Å². The van der Waals surface area contributed by atoms with E-state index in [9.17, 15) is 0 Å². The van der Waals surface area contributed by atoms with Gasteiger partial charge in [-0.05, 0) is 25.2 Å². The van der Waals surface area contributed by atoms with Crippen LogP contribution in [-0.2, 0) is 0 Å². The molecule has 0 unspecified atom stereocenters. The number of rotatable bonds is 0. The Hall–Kier alpha value is -0.0800. The Morgan fingerprint density at radius 2 is 1.73 bits per heavy atom. The van der Waals surface area contributed by atoms with Gasteiger partial charge in [-0.2, -0.15) is 0 Å². The number of piperazine rings is 1. The normalized spacial score (nSPS) is 45.0. The third-order valence-electron chi connectivity index (χ3n) is 3.05. The van der Waals surface area contributed by atoms with Gasteiger partial charge in [-0.1, -0.05) is 6.92 Å². The topological polar surface area (TPSA) is 24.1 Å². The summed E-state index contributed by atoms with van der Waals surface area (Å²) in [6, 6.07) is 1.55. The Bertz CT molecular complexity index is 136. The lowest BCUT2D eigenvalue weighted by molar-refractivity contribution is 0.210. The molecule has 1 saturated heterocycles. The summed E-state index contributed by atoms with van der Waals surface area (Å²) in [6.45, 7) is 4.69. The highest BCUT2D eigenvalue weighted by Gasteiger charge is 2.29. The number of hydrogen-bond donors (Lipinski definition) is 2. The number of fused-ring (bicyclic) bond motifs is 1. The highest BCUT2D eigenvalue weighted by atomic mass is 15.1. The maximum Gasteiger partial charge on any atom is 0.0224 e. The molecule has 0 aromatic heterocycles. The minimum Gasteiger partial charge on any atom is -0.311 e. The van der Waals surface area contributed by atoms with Crippen molar-refractivity contribution in [2.24, 2.45) is 5.92 Å². The molecule has 1 aliphatic carbocycles. The van der Waals surface area contributed by atoms with Crippen LogP contribution < -0.4 is 10.6 Å². The SMILES string of the molecule is C[C@@H]1CC[C@@H]2NCCN[C@@H]2C1. The zero-order valence-electron chi connectivity index (χ0n) is 7.27. The van der Waals surface area contributed by atoms with E-state index in [-0.39, 0.29) is 0 Å². The first-order valence-electron chi connectivity index (χ1n) is 4.83. The molecule has 2 N–H and O–H groups in total. The van der Waals surface area contributed by atoms with Crippen LogP contribution >= 0.6 is 0 Å². The van der Waals surface area contributed by atoms with E-state index in [1.165, 1.54) is 19.3 Å². The van der Waals surface area contributed by atoms with Gasteiger partial charge >= 0.3 is 0 Å². The maximum absolute atomic E-state index is 3.59. The van der Waals surface area contributed by atoms with Crippen LogP contribution in [0.25, 0.3) is 0 Å². The van der Waals surface area contributed by atoms with Crippen LogP contribution in [0.4, 0.5) is 0 Å². The van der Waals surface area contributed by atoms with E-state index in [2.05, 4.69) is 17.6 Å². The van der Waals surface area contributed by atoms with E-state index in [0.29, 0.717) is 0 Å². The fourth-order valence-electron chi connectivity index (χ4n) is 2.37. The summed E-state index contributed by atoms with van der Waals surface area (Å²) in [5.74, 6) is 0.934. The zero-order chi connectivity index (χ0) is 7.68. The van der Waals surface area contributed by atoms with E-state index in [0.717, 1.165) is 31.1 Å². The molecule has 0 spiro atoms. The van der Waals surface area contributed by atoms with Gasteiger partial charge in [-0.15, -0.1) is 0 Å². The third-order valence-corrected chi connectivity index (χ3v) is 3.05. The Balaban J connectivity index is 1.93. The Kier molecular flexibility index (Phi) is 2.14. The molecule has 2 nitrogen and oxygen atoms in total. The molecule has 0 bridgehead atoms. The molecule has 2 heteroatoms. The fourth-order valence-corrected chi connectivity index (χ4v) is 2.37. The lowest BCUT2D eigenvalue weighted by Crippen LogP contribution is -2.58. The Morgan fingerprint density at radius 1 is 1.00 bits per heavy atom. The second-order valence-corrected chi connectivity index (χ2v) is 4.04. The van der Waals surface area contributed by atoms with Crippen molar-refractivity contribution in [3.63, 3.8) is 0 Å². The van der Waals surface area contributed by atoms with Crippen molar-refractivity contribution in [1.82, 2.24) is 10.6 Å². The smallest absolute Gasteiger partial charge is 0.0224 e. The molecule has 11 heavy (non-hydrogen) atoms. The molecule has 0 aromatic rings. The summed E-state index contributed by atoms with van der Waals surface area (Å²) in [6.07, 6.45) is 4.16. The summed E-state index contributed by atoms with van der Waals surface area (Å²) in [4.78, 5) is 0. The van der Waals surface area contributed by atoms with Crippen molar-refractivity contribution < 1.29 is 0 Å². The average molecular weight is 154 g/mol. The molecule has 1 aliphatic heterocycles.